The van der Waals surface area contributed by atoms with Gasteiger partial charge in [0.05, 0.1) is 18.4 Å². The summed E-state index contributed by atoms with van der Waals surface area (Å²) in [5.74, 6) is 1.18. The molecule has 1 aromatic heterocycles. The second-order valence-electron chi connectivity index (χ2n) is 4.83. The van der Waals surface area contributed by atoms with Gasteiger partial charge in [0.15, 0.2) is 0 Å². The molecule has 2 rings (SSSR count). The molecule has 0 aliphatic rings. The van der Waals surface area contributed by atoms with Crippen LogP contribution in [0.5, 0.6) is 5.75 Å². The highest BCUT2D eigenvalue weighted by molar-refractivity contribution is 5.54. The Morgan fingerprint density at radius 3 is 2.62 bits per heavy atom. The SMILES string of the molecule is COCc1cc(=O)[nH]c(Nc2ccc(OC(C)C)cc2)n1. The van der Waals surface area contributed by atoms with Crippen LogP contribution in [0.4, 0.5) is 11.6 Å². The van der Waals surface area contributed by atoms with Gasteiger partial charge in [-0.05, 0) is 38.1 Å². The minimum absolute atomic E-state index is 0.132. The molecule has 0 aliphatic heterocycles. The molecule has 0 spiro atoms. The van der Waals surface area contributed by atoms with E-state index in [1.54, 1.807) is 7.11 Å². The average molecular weight is 289 g/mol. The van der Waals surface area contributed by atoms with Gasteiger partial charge >= 0.3 is 0 Å². The van der Waals surface area contributed by atoms with Crippen molar-refractivity contribution in [3.8, 4) is 5.75 Å². The van der Waals surface area contributed by atoms with Gasteiger partial charge in [0.2, 0.25) is 5.95 Å². The van der Waals surface area contributed by atoms with Crippen LogP contribution in [-0.2, 0) is 11.3 Å². The molecule has 0 aliphatic carbocycles. The first-order chi connectivity index (χ1) is 10.1. The molecule has 0 bridgehead atoms. The minimum atomic E-state index is -0.223. The van der Waals surface area contributed by atoms with Crippen LogP contribution in [0.15, 0.2) is 35.1 Å². The molecule has 6 heteroatoms. The summed E-state index contributed by atoms with van der Waals surface area (Å²) < 4.78 is 10.6. The average Bonchev–Trinajstić information content (AvgIpc) is 2.40. The summed E-state index contributed by atoms with van der Waals surface area (Å²) >= 11 is 0. The molecule has 0 amide bonds. The third-order valence-electron chi connectivity index (χ3n) is 2.58. The monoisotopic (exact) mass is 289 g/mol. The van der Waals surface area contributed by atoms with Gasteiger partial charge in [0, 0.05) is 18.9 Å². The van der Waals surface area contributed by atoms with Gasteiger partial charge in [0.25, 0.3) is 5.56 Å². The largest absolute Gasteiger partial charge is 0.491 e. The van der Waals surface area contributed by atoms with E-state index >= 15 is 0 Å². The van der Waals surface area contributed by atoms with Crippen molar-refractivity contribution in [1.82, 2.24) is 9.97 Å². The van der Waals surface area contributed by atoms with Crippen LogP contribution >= 0.6 is 0 Å². The normalized spacial score (nSPS) is 10.7. The lowest BCUT2D eigenvalue weighted by atomic mass is 10.3. The van der Waals surface area contributed by atoms with E-state index in [2.05, 4.69) is 15.3 Å². The van der Waals surface area contributed by atoms with Crippen LogP contribution in [0, 0.1) is 0 Å². The summed E-state index contributed by atoms with van der Waals surface area (Å²) in [6.45, 7) is 4.24. The number of nitrogens with zero attached hydrogens (tertiary/aromatic N) is 1. The number of methoxy groups -OCH3 is 1. The smallest absolute Gasteiger partial charge is 0.252 e. The van der Waals surface area contributed by atoms with E-state index < -0.39 is 0 Å². The van der Waals surface area contributed by atoms with E-state index in [1.165, 1.54) is 6.07 Å². The van der Waals surface area contributed by atoms with Crippen molar-refractivity contribution < 1.29 is 9.47 Å². The first kappa shape index (κ1) is 15.1. The number of ether oxygens (including phenoxy) is 2. The Kier molecular flexibility index (Phi) is 4.94. The van der Waals surface area contributed by atoms with Gasteiger partial charge < -0.3 is 14.8 Å². The number of benzene rings is 1. The van der Waals surface area contributed by atoms with Crippen molar-refractivity contribution >= 4 is 11.6 Å². The quantitative estimate of drug-likeness (QED) is 0.854. The molecule has 0 saturated heterocycles. The molecule has 2 N–H and O–H groups in total. The van der Waals surface area contributed by atoms with E-state index in [9.17, 15) is 4.79 Å². The fraction of sp³-hybridized carbons (Fsp3) is 0.333. The maximum Gasteiger partial charge on any atom is 0.252 e. The molecule has 21 heavy (non-hydrogen) atoms. The fourth-order valence-corrected chi connectivity index (χ4v) is 1.81. The molecule has 1 aromatic carbocycles. The number of hydrogen-bond donors (Lipinski definition) is 2. The van der Waals surface area contributed by atoms with E-state index in [0.717, 1.165) is 11.4 Å². The maximum absolute atomic E-state index is 11.5. The van der Waals surface area contributed by atoms with Crippen molar-refractivity contribution in [2.75, 3.05) is 12.4 Å². The third kappa shape index (κ3) is 4.61. The van der Waals surface area contributed by atoms with Crippen molar-refractivity contribution in [1.29, 1.82) is 0 Å². The standard InChI is InChI=1S/C15H19N3O3/c1-10(2)21-13-6-4-11(5-7-13)16-15-17-12(9-20-3)8-14(19)18-15/h4-8,10H,9H2,1-3H3,(H2,16,17,18,19). The summed E-state index contributed by atoms with van der Waals surface area (Å²) in [4.78, 5) is 18.4. The molecule has 112 valence electrons. The lowest BCUT2D eigenvalue weighted by molar-refractivity contribution is 0.181. The summed E-state index contributed by atoms with van der Waals surface area (Å²) in [6.07, 6.45) is 0.132. The molecule has 0 radical (unpaired) electrons. The van der Waals surface area contributed by atoms with Crippen molar-refractivity contribution in [3.63, 3.8) is 0 Å². The summed E-state index contributed by atoms with van der Waals surface area (Å²) in [7, 11) is 1.56. The number of aromatic nitrogens is 2. The lowest BCUT2D eigenvalue weighted by Gasteiger charge is -2.11. The number of anilines is 2. The Balaban J connectivity index is 2.12. The van der Waals surface area contributed by atoms with Gasteiger partial charge in [0.1, 0.15) is 5.75 Å². The first-order valence-electron chi connectivity index (χ1n) is 6.70. The second-order valence-corrected chi connectivity index (χ2v) is 4.83. The Morgan fingerprint density at radius 2 is 2.00 bits per heavy atom. The molecular weight excluding hydrogens is 270 g/mol. The van der Waals surface area contributed by atoms with Crippen LogP contribution in [-0.4, -0.2) is 23.2 Å². The fourth-order valence-electron chi connectivity index (χ4n) is 1.81. The maximum atomic E-state index is 11.5. The number of aromatic amines is 1. The highest BCUT2D eigenvalue weighted by atomic mass is 16.5. The van der Waals surface area contributed by atoms with Gasteiger partial charge in [-0.15, -0.1) is 0 Å². The van der Waals surface area contributed by atoms with Crippen LogP contribution in [0.25, 0.3) is 0 Å². The number of H-pyrrole nitrogens is 1. The topological polar surface area (TPSA) is 76.2 Å². The Hall–Kier alpha value is -2.34. The van der Waals surface area contributed by atoms with Crippen molar-refractivity contribution in [2.45, 2.75) is 26.6 Å². The summed E-state index contributed by atoms with van der Waals surface area (Å²) in [5, 5.41) is 3.05. The summed E-state index contributed by atoms with van der Waals surface area (Å²) in [5.41, 5.74) is 1.16. The van der Waals surface area contributed by atoms with E-state index in [0.29, 0.717) is 18.2 Å². The molecule has 2 aromatic rings. The molecule has 0 saturated carbocycles. The highest BCUT2D eigenvalue weighted by Crippen LogP contribution is 2.18. The second kappa shape index (κ2) is 6.90. The predicted molar refractivity (Wildman–Crippen MR) is 81.1 cm³/mol. The van der Waals surface area contributed by atoms with Gasteiger partial charge in [-0.3, -0.25) is 9.78 Å². The zero-order chi connectivity index (χ0) is 15.2. The number of hydrogen-bond acceptors (Lipinski definition) is 5. The van der Waals surface area contributed by atoms with E-state index in [4.69, 9.17) is 9.47 Å². The molecule has 0 atom stereocenters. The summed E-state index contributed by atoms with van der Waals surface area (Å²) in [6, 6.07) is 8.86. The molecule has 0 unspecified atom stereocenters. The number of rotatable bonds is 6. The van der Waals surface area contributed by atoms with Crippen molar-refractivity contribution in [2.24, 2.45) is 0 Å². The molecular formula is C15H19N3O3. The zero-order valence-electron chi connectivity index (χ0n) is 12.3. The lowest BCUT2D eigenvalue weighted by Crippen LogP contribution is -2.12. The van der Waals surface area contributed by atoms with Gasteiger partial charge in [-0.2, -0.15) is 0 Å². The highest BCUT2D eigenvalue weighted by Gasteiger charge is 2.03. The molecule has 1 heterocycles. The Morgan fingerprint density at radius 1 is 1.29 bits per heavy atom. The van der Waals surface area contributed by atoms with Crippen LogP contribution < -0.4 is 15.6 Å². The van der Waals surface area contributed by atoms with Gasteiger partial charge in [-0.1, -0.05) is 0 Å². The molecule has 0 fully saturated rings. The Bertz CT molecular complexity index is 635. The van der Waals surface area contributed by atoms with E-state index in [-0.39, 0.29) is 11.7 Å². The molecule has 6 nitrogen and oxygen atoms in total. The van der Waals surface area contributed by atoms with Crippen LogP contribution in [0.2, 0.25) is 0 Å². The van der Waals surface area contributed by atoms with Crippen molar-refractivity contribution in [3.05, 3.63) is 46.4 Å². The van der Waals surface area contributed by atoms with Gasteiger partial charge in [-0.25, -0.2) is 4.98 Å². The number of nitrogens with one attached hydrogen (secondary N) is 2. The zero-order valence-corrected chi connectivity index (χ0v) is 12.3. The van der Waals surface area contributed by atoms with E-state index in [1.807, 2.05) is 38.1 Å². The third-order valence-corrected chi connectivity index (χ3v) is 2.58. The van der Waals surface area contributed by atoms with Crippen LogP contribution in [0.3, 0.4) is 0 Å². The van der Waals surface area contributed by atoms with Crippen LogP contribution in [0.1, 0.15) is 19.5 Å². The predicted octanol–water partition coefficient (Wildman–Crippen LogP) is 2.45. The Labute approximate surface area is 123 Å². The minimum Gasteiger partial charge on any atom is -0.491 e. The first-order valence-corrected chi connectivity index (χ1v) is 6.70.